The summed E-state index contributed by atoms with van der Waals surface area (Å²) < 4.78 is 0. The molecule has 130 valence electrons. The second kappa shape index (κ2) is 13.2. The topological polar surface area (TPSA) is 164 Å². The number of rotatable bonds is 11. The predicted octanol–water partition coefficient (Wildman–Crippen LogP) is 2.33. The van der Waals surface area contributed by atoms with E-state index in [1.54, 1.807) is 0 Å². The first-order valence-corrected chi connectivity index (χ1v) is 7.36. The highest BCUT2D eigenvalue weighted by molar-refractivity contribution is 6.29. The van der Waals surface area contributed by atoms with Gasteiger partial charge in [0.25, 0.3) is 0 Å². The zero-order valence-corrected chi connectivity index (χ0v) is 14.1. The lowest BCUT2D eigenvalue weighted by molar-refractivity contribution is -0.141. The zero-order valence-electron chi connectivity index (χ0n) is 13.3. The van der Waals surface area contributed by atoms with Crippen LogP contribution in [-0.2, 0) is 4.79 Å². The summed E-state index contributed by atoms with van der Waals surface area (Å²) in [7, 11) is 0. The van der Waals surface area contributed by atoms with Gasteiger partial charge in [0.1, 0.15) is 6.04 Å². The fourth-order valence-electron chi connectivity index (χ4n) is 1.69. The van der Waals surface area contributed by atoms with Crippen LogP contribution in [0.15, 0.2) is 16.2 Å². The summed E-state index contributed by atoms with van der Waals surface area (Å²) in [6, 6.07) is -1.18. The third-order valence-electron chi connectivity index (χ3n) is 2.81. The number of quaternary nitrogens is 1. The molecule has 0 aromatic heterocycles. The second-order valence-corrected chi connectivity index (χ2v) is 5.18. The Hall–Kier alpha value is -1.51. The standard InChI is InChI=1S/C13H24ClN4O3.H3N/c1-2-3-4-6-10(14)9-18(21)11(12(19)20)7-5-8-17-13(15)16;/h9,11H,2-8H2,1H3,(H,19,20)(H4,15,16,17);1H3/q-1;/p+1/b10-9+;/t11-;/m0./s1. The SMILES string of the molecule is CCCCC/C(Cl)=C\N([O-])[C@@H](CCCN=C(N)N)C(=O)O.[NH4+]. The average Bonchev–Trinajstić information content (AvgIpc) is 2.37. The van der Waals surface area contributed by atoms with Crippen LogP contribution in [0.5, 0.6) is 0 Å². The highest BCUT2D eigenvalue weighted by Gasteiger charge is 2.17. The Labute approximate surface area is 136 Å². The van der Waals surface area contributed by atoms with Crippen LogP contribution < -0.4 is 17.6 Å². The first-order valence-electron chi connectivity index (χ1n) is 6.98. The van der Waals surface area contributed by atoms with E-state index in [0.29, 0.717) is 22.9 Å². The van der Waals surface area contributed by atoms with E-state index < -0.39 is 12.0 Å². The van der Waals surface area contributed by atoms with E-state index >= 15 is 0 Å². The Bertz CT molecular complexity index is 373. The summed E-state index contributed by atoms with van der Waals surface area (Å²) in [6.07, 6.45) is 5.21. The summed E-state index contributed by atoms with van der Waals surface area (Å²) in [5, 5.41) is 21.7. The zero-order chi connectivity index (χ0) is 16.3. The molecule has 22 heavy (non-hydrogen) atoms. The smallest absolute Gasteiger partial charge is 0.325 e. The van der Waals surface area contributed by atoms with Crippen molar-refractivity contribution in [3.05, 3.63) is 16.4 Å². The Balaban J connectivity index is 0. The van der Waals surface area contributed by atoms with E-state index in [2.05, 4.69) is 11.9 Å². The van der Waals surface area contributed by atoms with Crippen molar-refractivity contribution >= 4 is 23.5 Å². The second-order valence-electron chi connectivity index (χ2n) is 4.70. The van der Waals surface area contributed by atoms with E-state index in [1.807, 2.05) is 0 Å². The number of aliphatic imine (C=N–C) groups is 1. The molecule has 0 spiro atoms. The minimum Gasteiger partial charge on any atom is -0.758 e. The fourth-order valence-corrected chi connectivity index (χ4v) is 1.92. The van der Waals surface area contributed by atoms with Gasteiger partial charge in [0.15, 0.2) is 5.96 Å². The van der Waals surface area contributed by atoms with E-state index in [1.165, 1.54) is 0 Å². The minimum atomic E-state index is -1.19. The molecule has 0 aliphatic heterocycles. The highest BCUT2D eigenvalue weighted by Crippen LogP contribution is 2.16. The Kier molecular flexibility index (Phi) is 13.6. The molecule has 9 heteroatoms. The number of allylic oxidation sites excluding steroid dienone is 1. The Morgan fingerprint density at radius 2 is 2.05 bits per heavy atom. The molecule has 0 rings (SSSR count). The molecule has 0 aliphatic carbocycles. The van der Waals surface area contributed by atoms with E-state index in [4.69, 9.17) is 28.2 Å². The first kappa shape index (κ1) is 22.8. The summed E-state index contributed by atoms with van der Waals surface area (Å²) in [6.45, 7) is 2.35. The van der Waals surface area contributed by atoms with Gasteiger partial charge in [0, 0.05) is 17.8 Å². The van der Waals surface area contributed by atoms with Crippen molar-refractivity contribution in [2.75, 3.05) is 6.54 Å². The lowest BCUT2D eigenvalue weighted by Gasteiger charge is -2.33. The maximum absolute atomic E-state index is 11.8. The molecule has 0 aromatic rings. The molecule has 0 saturated heterocycles. The van der Waals surface area contributed by atoms with Crippen LogP contribution in [0.2, 0.25) is 0 Å². The van der Waals surface area contributed by atoms with Gasteiger partial charge in [-0.3, -0.25) is 9.79 Å². The van der Waals surface area contributed by atoms with Crippen LogP contribution in [-0.4, -0.2) is 34.7 Å². The Morgan fingerprint density at radius 1 is 1.41 bits per heavy atom. The van der Waals surface area contributed by atoms with Crippen molar-refractivity contribution < 1.29 is 9.90 Å². The van der Waals surface area contributed by atoms with Gasteiger partial charge in [-0.05, 0) is 25.7 Å². The maximum Gasteiger partial charge on any atom is 0.325 e. The first-order chi connectivity index (χ1) is 9.88. The molecular formula is C13H28ClN5O3. The lowest BCUT2D eigenvalue weighted by atomic mass is 10.1. The van der Waals surface area contributed by atoms with Gasteiger partial charge in [-0.25, -0.2) is 0 Å². The third-order valence-corrected chi connectivity index (χ3v) is 3.10. The van der Waals surface area contributed by atoms with Gasteiger partial charge >= 0.3 is 5.97 Å². The molecule has 0 bridgehead atoms. The van der Waals surface area contributed by atoms with Gasteiger partial charge in [0.2, 0.25) is 0 Å². The van der Waals surface area contributed by atoms with Gasteiger partial charge in [0.05, 0.1) is 0 Å². The van der Waals surface area contributed by atoms with Gasteiger partial charge in [-0.1, -0.05) is 31.4 Å². The van der Waals surface area contributed by atoms with Crippen LogP contribution in [0.1, 0.15) is 45.4 Å². The largest absolute Gasteiger partial charge is 0.758 e. The number of nitrogens with two attached hydrogens (primary N) is 2. The van der Waals surface area contributed by atoms with Crippen LogP contribution in [0.25, 0.3) is 0 Å². The number of carboxylic acids is 1. The molecule has 1 atom stereocenters. The van der Waals surface area contributed by atoms with Crippen molar-refractivity contribution in [1.29, 1.82) is 0 Å². The quantitative estimate of drug-likeness (QED) is 0.195. The van der Waals surface area contributed by atoms with E-state index in [-0.39, 0.29) is 25.1 Å². The number of hydrogen-bond donors (Lipinski definition) is 4. The number of carbonyl (C=O) groups is 1. The molecule has 8 nitrogen and oxygen atoms in total. The maximum atomic E-state index is 11.8. The number of hydrogen-bond acceptors (Lipinski definition) is 4. The van der Waals surface area contributed by atoms with Crippen LogP contribution >= 0.6 is 11.6 Å². The number of halogens is 1. The summed E-state index contributed by atoms with van der Waals surface area (Å²) >= 11 is 5.93. The molecule has 0 fully saturated rings. The minimum absolute atomic E-state index is 0. The van der Waals surface area contributed by atoms with Crippen molar-refractivity contribution in [1.82, 2.24) is 11.2 Å². The molecule has 0 unspecified atom stereocenters. The van der Waals surface area contributed by atoms with Crippen LogP contribution in [0.3, 0.4) is 0 Å². The van der Waals surface area contributed by atoms with E-state index in [9.17, 15) is 10.0 Å². The van der Waals surface area contributed by atoms with Gasteiger partial charge in [-0.15, -0.1) is 0 Å². The van der Waals surface area contributed by atoms with Gasteiger partial charge in [-0.2, -0.15) is 0 Å². The normalized spacial score (nSPS) is 12.2. The summed E-state index contributed by atoms with van der Waals surface area (Å²) in [4.78, 5) is 14.9. The molecule has 0 radical (unpaired) electrons. The van der Waals surface area contributed by atoms with Crippen LogP contribution in [0, 0.1) is 5.21 Å². The summed E-state index contributed by atoms with van der Waals surface area (Å²) in [5.74, 6) is -1.25. The molecular weight excluding hydrogens is 310 g/mol. The third kappa shape index (κ3) is 11.2. The molecule has 0 aromatic carbocycles. The monoisotopic (exact) mass is 337 g/mol. The molecule has 0 aliphatic rings. The van der Waals surface area contributed by atoms with Crippen LogP contribution in [0.4, 0.5) is 0 Å². The number of aliphatic carboxylic acids is 1. The lowest BCUT2D eigenvalue weighted by Crippen LogP contribution is -2.34. The van der Waals surface area contributed by atoms with Crippen molar-refractivity contribution in [3.8, 4) is 0 Å². The van der Waals surface area contributed by atoms with Crippen molar-refractivity contribution in [3.63, 3.8) is 0 Å². The van der Waals surface area contributed by atoms with Gasteiger partial charge < -0.3 is 33.0 Å². The Morgan fingerprint density at radius 3 is 2.55 bits per heavy atom. The van der Waals surface area contributed by atoms with Crippen molar-refractivity contribution in [2.24, 2.45) is 16.5 Å². The summed E-state index contributed by atoms with van der Waals surface area (Å²) in [5.41, 5.74) is 10.3. The molecule has 0 amide bonds. The molecule has 0 saturated carbocycles. The van der Waals surface area contributed by atoms with E-state index in [0.717, 1.165) is 25.5 Å². The number of unbranched alkanes of at least 4 members (excludes halogenated alkanes) is 2. The predicted molar refractivity (Wildman–Crippen MR) is 90.6 cm³/mol. The molecule has 0 heterocycles. The number of guanidine groups is 1. The number of nitrogens with zero attached hydrogens (tertiary/aromatic N) is 2. The fraction of sp³-hybridized carbons (Fsp3) is 0.692. The number of hydroxylamine groups is 2. The molecule has 9 N–H and O–H groups in total. The highest BCUT2D eigenvalue weighted by atomic mass is 35.5. The van der Waals surface area contributed by atoms with Crippen molar-refractivity contribution in [2.45, 2.75) is 51.5 Å². The number of carboxylic acid groups (broad SMARTS) is 1. The average molecular weight is 338 g/mol.